The fraction of sp³-hybridized carbons (Fsp3) is 0.600. The SMILES string of the molecule is Cc1cn([C@H]2C[C@H](N=[N+]=[N-])[C@@H](COP(=O)(O)OP(=O)(O)OP(=O)(O)OP(=O)(O)O)O2)c(=O)[nH]c1=O. The fourth-order valence-electron chi connectivity index (χ4n) is 2.64. The molecule has 2 rings (SSSR count). The van der Waals surface area contributed by atoms with Crippen molar-refractivity contribution in [2.45, 2.75) is 31.7 Å². The summed E-state index contributed by atoms with van der Waals surface area (Å²) in [4.78, 5) is 73.1. The maximum Gasteiger partial charge on any atom is 0.490 e. The Morgan fingerprint density at radius 1 is 1.11 bits per heavy atom. The third-order valence-corrected chi connectivity index (χ3v) is 9.34. The molecule has 0 saturated carbocycles. The normalized spacial score (nSPS) is 25.7. The minimum atomic E-state index is -6.01. The lowest BCUT2D eigenvalue weighted by Gasteiger charge is -2.20. The smallest absolute Gasteiger partial charge is 0.352 e. The van der Waals surface area contributed by atoms with Crippen molar-refractivity contribution in [1.82, 2.24) is 9.55 Å². The molecule has 3 unspecified atom stereocenters. The minimum Gasteiger partial charge on any atom is -0.352 e. The Morgan fingerprint density at radius 2 is 1.69 bits per heavy atom. The monoisotopic (exact) mass is 587 g/mol. The Morgan fingerprint density at radius 3 is 2.26 bits per heavy atom. The van der Waals surface area contributed by atoms with E-state index in [2.05, 4.69) is 27.5 Å². The zero-order valence-corrected chi connectivity index (χ0v) is 20.6. The van der Waals surface area contributed by atoms with Gasteiger partial charge in [-0.25, -0.2) is 23.1 Å². The molecule has 0 spiro atoms. The molecule has 6 atom stereocenters. The standard InChI is InChI=1S/C10H17N5O16P4/c1-5-3-15(10(17)12-9(5)16)8-2-6(13-14-11)7(28-8)4-27-33(21,22)30-35(25,26)31-34(23,24)29-32(18,19)20/h3,6-8H,2,4H2,1H3,(H,21,22)(H,23,24)(H,25,26)(H,12,16,17)(H2,18,19,20)/t6-,7+,8+/m0/s1. The summed E-state index contributed by atoms with van der Waals surface area (Å²) in [5.41, 5.74) is 7.30. The van der Waals surface area contributed by atoms with Gasteiger partial charge in [-0.3, -0.25) is 18.9 Å². The number of H-pyrrole nitrogens is 1. The van der Waals surface area contributed by atoms with Crippen molar-refractivity contribution in [3.63, 3.8) is 0 Å². The molecule has 1 aromatic rings. The quantitative estimate of drug-likeness (QED) is 0.0875. The number of ether oxygens (including phenoxy) is 1. The number of hydrogen-bond acceptors (Lipinski definition) is 12. The van der Waals surface area contributed by atoms with Crippen LogP contribution < -0.4 is 11.2 Å². The summed E-state index contributed by atoms with van der Waals surface area (Å²) in [5.74, 6) is 0. The van der Waals surface area contributed by atoms with E-state index < -0.39 is 67.5 Å². The van der Waals surface area contributed by atoms with E-state index in [4.69, 9.17) is 24.9 Å². The second-order valence-corrected chi connectivity index (χ2v) is 12.6. The van der Waals surface area contributed by atoms with E-state index >= 15 is 0 Å². The van der Waals surface area contributed by atoms with E-state index in [0.29, 0.717) is 0 Å². The molecular weight excluding hydrogens is 570 g/mol. The summed E-state index contributed by atoms with van der Waals surface area (Å²) in [7, 11) is -23.3. The van der Waals surface area contributed by atoms with Gasteiger partial charge in [-0.1, -0.05) is 5.11 Å². The molecule has 0 aliphatic carbocycles. The Hall–Kier alpha value is -1.49. The van der Waals surface area contributed by atoms with Crippen molar-refractivity contribution in [3.05, 3.63) is 43.0 Å². The second kappa shape index (κ2) is 10.9. The zero-order chi connectivity index (χ0) is 26.8. The van der Waals surface area contributed by atoms with Gasteiger partial charge in [-0.05, 0) is 12.5 Å². The molecule has 0 aromatic carbocycles. The van der Waals surface area contributed by atoms with Gasteiger partial charge in [-0.15, -0.1) is 0 Å². The number of phosphoric ester groups is 1. The van der Waals surface area contributed by atoms with E-state index in [1.807, 2.05) is 4.98 Å². The van der Waals surface area contributed by atoms with E-state index in [1.165, 1.54) is 6.92 Å². The average molecular weight is 587 g/mol. The van der Waals surface area contributed by atoms with Gasteiger partial charge in [0.1, 0.15) is 6.23 Å². The molecule has 1 aromatic heterocycles. The van der Waals surface area contributed by atoms with Crippen LogP contribution >= 0.6 is 31.3 Å². The number of nitrogens with zero attached hydrogens (tertiary/aromatic N) is 4. The van der Waals surface area contributed by atoms with Gasteiger partial charge < -0.3 is 29.2 Å². The maximum atomic E-state index is 12.0. The lowest BCUT2D eigenvalue weighted by atomic mass is 10.1. The first kappa shape index (κ1) is 29.7. The molecule has 0 bridgehead atoms. The van der Waals surface area contributed by atoms with Crippen molar-refractivity contribution in [3.8, 4) is 0 Å². The second-order valence-electron chi connectivity index (χ2n) is 6.55. The molecule has 35 heavy (non-hydrogen) atoms. The third-order valence-electron chi connectivity index (χ3n) is 3.88. The highest BCUT2D eigenvalue weighted by Gasteiger charge is 2.46. The molecule has 0 radical (unpaired) electrons. The maximum absolute atomic E-state index is 12.0. The number of aromatic amines is 1. The first-order valence-electron chi connectivity index (χ1n) is 8.67. The van der Waals surface area contributed by atoms with E-state index in [9.17, 15) is 37.6 Å². The Bertz CT molecular complexity index is 1310. The number of aromatic nitrogens is 2. The lowest BCUT2D eigenvalue weighted by molar-refractivity contribution is -0.0267. The summed E-state index contributed by atoms with van der Waals surface area (Å²) < 4.78 is 66.9. The van der Waals surface area contributed by atoms with Crippen LogP contribution in [0.2, 0.25) is 0 Å². The highest BCUT2D eigenvalue weighted by Crippen LogP contribution is 2.70. The summed E-state index contributed by atoms with van der Waals surface area (Å²) in [5, 5.41) is 3.40. The Balaban J connectivity index is 2.11. The van der Waals surface area contributed by atoms with Crippen LogP contribution in [-0.2, 0) is 40.5 Å². The predicted molar refractivity (Wildman–Crippen MR) is 108 cm³/mol. The lowest BCUT2D eigenvalue weighted by Crippen LogP contribution is -2.33. The Labute approximate surface area is 192 Å². The third kappa shape index (κ3) is 9.15. The molecule has 6 N–H and O–H groups in total. The van der Waals surface area contributed by atoms with Crippen LogP contribution in [-0.4, -0.2) is 52.8 Å². The van der Waals surface area contributed by atoms with Crippen molar-refractivity contribution >= 4 is 31.3 Å². The van der Waals surface area contributed by atoms with E-state index in [-0.39, 0.29) is 12.0 Å². The van der Waals surface area contributed by atoms with Gasteiger partial charge >= 0.3 is 37.0 Å². The summed E-state index contributed by atoms with van der Waals surface area (Å²) in [6.45, 7) is 0.418. The number of aryl methyl sites for hydroxylation is 1. The largest absolute Gasteiger partial charge is 0.490 e. The van der Waals surface area contributed by atoms with Crippen molar-refractivity contribution in [2.24, 2.45) is 5.11 Å². The van der Waals surface area contributed by atoms with Crippen molar-refractivity contribution in [2.75, 3.05) is 6.61 Å². The van der Waals surface area contributed by atoms with Gasteiger partial charge in [0.05, 0.1) is 18.8 Å². The average Bonchev–Trinajstić information content (AvgIpc) is 3.02. The summed E-state index contributed by atoms with van der Waals surface area (Å²) in [6.07, 6.45) is -1.51. The molecule has 198 valence electrons. The van der Waals surface area contributed by atoms with Gasteiger partial charge in [0, 0.05) is 23.1 Å². The number of hydrogen-bond donors (Lipinski definition) is 6. The predicted octanol–water partition coefficient (Wildman–Crippen LogP) is 0.272. The molecule has 0 amide bonds. The van der Waals surface area contributed by atoms with Crippen LogP contribution in [0.1, 0.15) is 18.2 Å². The first-order valence-corrected chi connectivity index (χ1v) is 14.7. The van der Waals surface area contributed by atoms with Crippen LogP contribution in [0, 0.1) is 6.92 Å². The van der Waals surface area contributed by atoms with E-state index in [0.717, 1.165) is 10.8 Å². The van der Waals surface area contributed by atoms with E-state index in [1.54, 1.807) is 0 Å². The topological polar surface area (TPSA) is 319 Å². The molecule has 1 aliphatic heterocycles. The summed E-state index contributed by atoms with van der Waals surface area (Å²) in [6, 6.07) is -1.12. The number of phosphoric acid groups is 4. The number of rotatable bonds is 11. The van der Waals surface area contributed by atoms with Gasteiger partial charge in [0.25, 0.3) is 5.56 Å². The van der Waals surface area contributed by atoms with Crippen LogP contribution in [0.5, 0.6) is 0 Å². The molecule has 1 saturated heterocycles. The first-order chi connectivity index (χ1) is 15.8. The fourth-order valence-corrected chi connectivity index (χ4v) is 7.10. The van der Waals surface area contributed by atoms with Gasteiger partial charge in [0.15, 0.2) is 0 Å². The molecule has 25 heteroatoms. The van der Waals surface area contributed by atoms with Gasteiger partial charge in [-0.2, -0.15) is 12.9 Å². The number of azide groups is 1. The van der Waals surface area contributed by atoms with Crippen molar-refractivity contribution in [1.29, 1.82) is 0 Å². The van der Waals surface area contributed by atoms with Crippen LogP contribution in [0.4, 0.5) is 0 Å². The highest BCUT2D eigenvalue weighted by molar-refractivity contribution is 7.69. The minimum absolute atomic E-state index is 0.129. The Kier molecular flexibility index (Phi) is 9.23. The summed E-state index contributed by atoms with van der Waals surface area (Å²) >= 11 is 0. The molecule has 21 nitrogen and oxygen atoms in total. The van der Waals surface area contributed by atoms with Crippen LogP contribution in [0.25, 0.3) is 10.4 Å². The van der Waals surface area contributed by atoms with Gasteiger partial charge in [0.2, 0.25) is 0 Å². The van der Waals surface area contributed by atoms with Crippen LogP contribution in [0.15, 0.2) is 20.9 Å². The molecule has 2 heterocycles. The molecular formula is C10H17N5O16P4. The zero-order valence-electron chi connectivity index (χ0n) is 17.0. The molecule has 1 aliphatic rings. The number of nitrogens with one attached hydrogen (secondary N) is 1. The molecule has 1 fully saturated rings. The van der Waals surface area contributed by atoms with Crippen molar-refractivity contribution < 1.29 is 64.9 Å². The highest BCUT2D eigenvalue weighted by atomic mass is 31.3. The van der Waals surface area contributed by atoms with Crippen LogP contribution in [0.3, 0.4) is 0 Å².